The maximum atomic E-state index is 12.0. The highest BCUT2D eigenvalue weighted by atomic mass is 35.5. The number of aromatic nitrogens is 2. The van der Waals surface area contributed by atoms with Gasteiger partial charge >= 0.3 is 6.03 Å². The fourth-order valence-corrected chi connectivity index (χ4v) is 2.72. The molecule has 6 heteroatoms. The molecule has 1 atom stereocenters. The molecule has 3 rings (SSSR count). The third kappa shape index (κ3) is 4.06. The molecule has 5 nitrogen and oxygen atoms in total. The van der Waals surface area contributed by atoms with Crippen molar-refractivity contribution in [1.29, 1.82) is 0 Å². The summed E-state index contributed by atoms with van der Waals surface area (Å²) in [5, 5.41) is 6.42. The van der Waals surface area contributed by atoms with Crippen molar-refractivity contribution in [3.8, 4) is 0 Å². The molecule has 1 unspecified atom stereocenters. The summed E-state index contributed by atoms with van der Waals surface area (Å²) in [6.45, 7) is 2.45. The molecule has 0 spiro atoms. The fourth-order valence-electron chi connectivity index (χ4n) is 2.52. The van der Waals surface area contributed by atoms with Gasteiger partial charge in [0.05, 0.1) is 11.7 Å². The summed E-state index contributed by atoms with van der Waals surface area (Å²) in [4.78, 5) is 16.5. The highest BCUT2D eigenvalue weighted by molar-refractivity contribution is 6.30. The van der Waals surface area contributed by atoms with E-state index in [2.05, 4.69) is 15.6 Å². The zero-order valence-corrected chi connectivity index (χ0v) is 14.1. The van der Waals surface area contributed by atoms with Crippen molar-refractivity contribution in [3.05, 3.63) is 71.1 Å². The monoisotopic (exact) mass is 342 g/mol. The molecule has 124 valence electrons. The first kappa shape index (κ1) is 16.3. The molecule has 0 fully saturated rings. The predicted molar refractivity (Wildman–Crippen MR) is 95.3 cm³/mol. The first-order chi connectivity index (χ1) is 11.6. The van der Waals surface area contributed by atoms with Crippen molar-refractivity contribution in [2.45, 2.75) is 19.4 Å². The number of fused-ring (bicyclic) bond motifs is 1. The van der Waals surface area contributed by atoms with Crippen LogP contribution in [-0.2, 0) is 6.42 Å². The fraction of sp³-hybridized carbons (Fsp3) is 0.222. The molecule has 0 aliphatic rings. The molecule has 0 aliphatic carbocycles. The van der Waals surface area contributed by atoms with E-state index in [1.165, 1.54) is 0 Å². The zero-order chi connectivity index (χ0) is 16.9. The number of imidazole rings is 1. The van der Waals surface area contributed by atoms with Gasteiger partial charge in [0, 0.05) is 30.4 Å². The van der Waals surface area contributed by atoms with Gasteiger partial charge in [0.15, 0.2) is 0 Å². The van der Waals surface area contributed by atoms with E-state index in [9.17, 15) is 4.79 Å². The van der Waals surface area contributed by atoms with E-state index in [1.807, 2.05) is 66.2 Å². The Bertz CT molecular complexity index is 813. The van der Waals surface area contributed by atoms with Crippen molar-refractivity contribution < 1.29 is 4.79 Å². The van der Waals surface area contributed by atoms with Crippen LogP contribution in [0.3, 0.4) is 0 Å². The van der Waals surface area contributed by atoms with Gasteiger partial charge < -0.3 is 15.0 Å². The van der Waals surface area contributed by atoms with E-state index in [0.29, 0.717) is 18.0 Å². The lowest BCUT2D eigenvalue weighted by Crippen LogP contribution is -2.38. The number of halogens is 1. The van der Waals surface area contributed by atoms with Crippen LogP contribution >= 0.6 is 11.6 Å². The van der Waals surface area contributed by atoms with E-state index in [1.54, 1.807) is 0 Å². The third-order valence-electron chi connectivity index (χ3n) is 3.78. The van der Waals surface area contributed by atoms with Gasteiger partial charge in [-0.2, -0.15) is 0 Å². The van der Waals surface area contributed by atoms with E-state index >= 15 is 0 Å². The average molecular weight is 343 g/mol. The molecule has 2 aromatic heterocycles. The second-order valence-electron chi connectivity index (χ2n) is 5.63. The molecule has 0 saturated heterocycles. The lowest BCUT2D eigenvalue weighted by Gasteiger charge is -2.15. The van der Waals surface area contributed by atoms with E-state index in [0.717, 1.165) is 16.9 Å². The van der Waals surface area contributed by atoms with Gasteiger partial charge in [-0.05, 0) is 36.8 Å². The third-order valence-corrected chi connectivity index (χ3v) is 4.01. The molecular weight excluding hydrogens is 324 g/mol. The van der Waals surface area contributed by atoms with Crippen LogP contribution < -0.4 is 10.6 Å². The Morgan fingerprint density at radius 1 is 1.29 bits per heavy atom. The standard InChI is InChI=1S/C18H19ClN4O/c1-13(14-5-4-6-15(19)11-14)21-18(24)20-9-8-16-12-23-10-3-2-7-17(23)22-16/h2-7,10-13H,8-9H2,1H3,(H2,20,21,24). The number of pyridine rings is 1. The van der Waals surface area contributed by atoms with Gasteiger partial charge in [-0.1, -0.05) is 29.8 Å². The average Bonchev–Trinajstić information content (AvgIpc) is 2.97. The van der Waals surface area contributed by atoms with Gasteiger partial charge in [0.1, 0.15) is 5.65 Å². The number of nitrogens with one attached hydrogen (secondary N) is 2. The highest BCUT2D eigenvalue weighted by Gasteiger charge is 2.09. The van der Waals surface area contributed by atoms with Crippen LogP contribution in [-0.4, -0.2) is 22.0 Å². The van der Waals surface area contributed by atoms with Crippen LogP contribution in [0.1, 0.15) is 24.2 Å². The Balaban J connectivity index is 1.48. The summed E-state index contributed by atoms with van der Waals surface area (Å²) in [5.41, 5.74) is 2.83. The summed E-state index contributed by atoms with van der Waals surface area (Å²) < 4.78 is 1.97. The highest BCUT2D eigenvalue weighted by Crippen LogP contribution is 2.17. The molecular formula is C18H19ClN4O. The topological polar surface area (TPSA) is 58.4 Å². The van der Waals surface area contributed by atoms with Crippen molar-refractivity contribution in [3.63, 3.8) is 0 Å². The van der Waals surface area contributed by atoms with Crippen molar-refractivity contribution in [2.75, 3.05) is 6.54 Å². The number of hydrogen-bond donors (Lipinski definition) is 2. The van der Waals surface area contributed by atoms with Crippen molar-refractivity contribution >= 4 is 23.3 Å². The summed E-state index contributed by atoms with van der Waals surface area (Å²) in [6, 6.07) is 13.0. The Morgan fingerprint density at radius 3 is 2.96 bits per heavy atom. The first-order valence-corrected chi connectivity index (χ1v) is 8.22. The van der Waals surface area contributed by atoms with Gasteiger partial charge in [0.25, 0.3) is 0 Å². The van der Waals surface area contributed by atoms with Crippen LogP contribution in [0.15, 0.2) is 54.9 Å². The first-order valence-electron chi connectivity index (χ1n) is 7.84. The Hall–Kier alpha value is -2.53. The number of carbonyl (C=O) groups is 1. The molecule has 2 heterocycles. The van der Waals surface area contributed by atoms with Crippen molar-refractivity contribution in [1.82, 2.24) is 20.0 Å². The van der Waals surface area contributed by atoms with E-state index in [-0.39, 0.29) is 12.1 Å². The molecule has 0 radical (unpaired) electrons. The molecule has 2 amide bonds. The Morgan fingerprint density at radius 2 is 2.17 bits per heavy atom. The summed E-state index contributed by atoms with van der Waals surface area (Å²) in [5.74, 6) is 0. The Kier molecular flexibility index (Phi) is 5.01. The number of rotatable bonds is 5. The van der Waals surface area contributed by atoms with Crippen LogP contribution in [0.2, 0.25) is 5.02 Å². The lowest BCUT2D eigenvalue weighted by atomic mass is 10.1. The molecule has 2 N–H and O–H groups in total. The number of amides is 2. The van der Waals surface area contributed by atoms with Crippen molar-refractivity contribution in [2.24, 2.45) is 0 Å². The minimum atomic E-state index is -0.203. The molecule has 24 heavy (non-hydrogen) atoms. The number of carbonyl (C=O) groups excluding carboxylic acids is 1. The van der Waals surface area contributed by atoms with Gasteiger partial charge in [0.2, 0.25) is 0 Å². The summed E-state index contributed by atoms with van der Waals surface area (Å²) in [6.07, 6.45) is 4.61. The quantitative estimate of drug-likeness (QED) is 0.744. The molecule has 0 aliphatic heterocycles. The predicted octanol–water partition coefficient (Wildman–Crippen LogP) is 3.59. The van der Waals surface area contributed by atoms with Gasteiger partial charge in [-0.3, -0.25) is 0 Å². The minimum absolute atomic E-state index is 0.112. The smallest absolute Gasteiger partial charge is 0.315 e. The van der Waals surface area contributed by atoms with Crippen LogP contribution in [0, 0.1) is 0 Å². The number of hydrogen-bond acceptors (Lipinski definition) is 2. The second-order valence-corrected chi connectivity index (χ2v) is 6.06. The number of benzene rings is 1. The maximum Gasteiger partial charge on any atom is 0.315 e. The summed E-state index contributed by atoms with van der Waals surface area (Å²) in [7, 11) is 0. The van der Waals surface area contributed by atoms with Crippen LogP contribution in [0.4, 0.5) is 4.79 Å². The SMILES string of the molecule is CC(NC(=O)NCCc1cn2ccccc2n1)c1cccc(Cl)c1. The largest absolute Gasteiger partial charge is 0.338 e. The second kappa shape index (κ2) is 7.36. The molecule has 0 bridgehead atoms. The van der Waals surface area contributed by atoms with Gasteiger partial charge in [-0.25, -0.2) is 9.78 Å². The lowest BCUT2D eigenvalue weighted by molar-refractivity contribution is 0.238. The molecule has 0 saturated carbocycles. The number of urea groups is 1. The minimum Gasteiger partial charge on any atom is -0.338 e. The number of nitrogens with zero attached hydrogens (tertiary/aromatic N) is 2. The summed E-state index contributed by atoms with van der Waals surface area (Å²) >= 11 is 5.97. The Labute approximate surface area is 145 Å². The maximum absolute atomic E-state index is 12.0. The molecule has 3 aromatic rings. The zero-order valence-electron chi connectivity index (χ0n) is 13.4. The van der Waals surface area contributed by atoms with Gasteiger partial charge in [-0.15, -0.1) is 0 Å². The van der Waals surface area contributed by atoms with E-state index in [4.69, 9.17) is 11.6 Å². The van der Waals surface area contributed by atoms with E-state index < -0.39 is 0 Å². The normalized spacial score (nSPS) is 12.1. The van der Waals surface area contributed by atoms with Crippen LogP contribution in [0.5, 0.6) is 0 Å². The molecule has 1 aromatic carbocycles. The van der Waals surface area contributed by atoms with Crippen LogP contribution in [0.25, 0.3) is 5.65 Å².